The molecular weight excluding hydrogens is 402 g/mol. The largest absolute Gasteiger partial charge is 0.458 e. The number of aromatic nitrogens is 1. The molecule has 2 aromatic heterocycles. The molecule has 1 N–H and O–H groups in total. The highest BCUT2D eigenvalue weighted by Crippen LogP contribution is 2.25. The molecule has 0 bridgehead atoms. The van der Waals surface area contributed by atoms with Gasteiger partial charge in [0.2, 0.25) is 0 Å². The van der Waals surface area contributed by atoms with Crippen LogP contribution in [0.15, 0.2) is 40.1 Å². The lowest BCUT2D eigenvalue weighted by molar-refractivity contribution is 0.0652. The Bertz CT molecular complexity index is 1130. The quantitative estimate of drug-likeness (QED) is 0.579. The molecule has 3 heterocycles. The third-order valence-corrected chi connectivity index (χ3v) is 5.70. The number of hydrogen-bond donors (Lipinski definition) is 1. The number of fused-ring (bicyclic) bond motifs is 1. The van der Waals surface area contributed by atoms with Crippen LogP contribution < -0.4 is 5.32 Å². The summed E-state index contributed by atoms with van der Waals surface area (Å²) >= 11 is 1.54. The second-order valence-electron chi connectivity index (χ2n) is 7.08. The van der Waals surface area contributed by atoms with Gasteiger partial charge in [-0.2, -0.15) is 0 Å². The maximum absolute atomic E-state index is 12.6. The molecule has 0 fully saturated rings. The van der Waals surface area contributed by atoms with Crippen molar-refractivity contribution in [2.45, 2.75) is 33.2 Å². The Morgan fingerprint density at radius 2 is 1.97 bits per heavy atom. The molecule has 30 heavy (non-hydrogen) atoms. The number of rotatable bonds is 7. The van der Waals surface area contributed by atoms with Crippen LogP contribution in [0.3, 0.4) is 0 Å². The van der Waals surface area contributed by atoms with E-state index < -0.39 is 0 Å². The van der Waals surface area contributed by atoms with Crippen molar-refractivity contribution in [3.63, 3.8) is 0 Å². The summed E-state index contributed by atoms with van der Waals surface area (Å²) < 4.78 is 5.75. The lowest BCUT2D eigenvalue weighted by Gasteiger charge is -2.12. The number of carbonyl (C=O) groups excluding carboxylic acids is 3. The summed E-state index contributed by atoms with van der Waals surface area (Å²) in [6.07, 6.45) is 1.64. The van der Waals surface area contributed by atoms with E-state index in [1.165, 1.54) is 11.0 Å². The van der Waals surface area contributed by atoms with Gasteiger partial charge in [0.1, 0.15) is 11.5 Å². The zero-order valence-corrected chi connectivity index (χ0v) is 17.5. The van der Waals surface area contributed by atoms with Crippen LogP contribution in [-0.2, 0) is 6.54 Å². The van der Waals surface area contributed by atoms with Crippen LogP contribution in [0.1, 0.15) is 61.6 Å². The molecule has 3 amide bonds. The standard InChI is InChI=1S/C22H21N3O4S/c1-3-4-9-25-21(27)16-7-5-14(10-17(16)22(25)28)20(26)23-11-15-6-8-19(29-15)18-12-30-13(2)24-18/h5-8,10,12H,3-4,9,11H2,1-2H3,(H,23,26). The van der Waals surface area contributed by atoms with Gasteiger partial charge < -0.3 is 9.73 Å². The van der Waals surface area contributed by atoms with E-state index >= 15 is 0 Å². The Morgan fingerprint density at radius 3 is 2.70 bits per heavy atom. The van der Waals surface area contributed by atoms with Gasteiger partial charge in [0.15, 0.2) is 5.76 Å². The van der Waals surface area contributed by atoms with E-state index in [2.05, 4.69) is 10.3 Å². The van der Waals surface area contributed by atoms with Gasteiger partial charge in [0, 0.05) is 17.5 Å². The first-order valence-electron chi connectivity index (χ1n) is 9.77. The molecule has 1 aliphatic rings. The third-order valence-electron chi connectivity index (χ3n) is 4.92. The topological polar surface area (TPSA) is 92.5 Å². The van der Waals surface area contributed by atoms with Crippen molar-refractivity contribution in [3.8, 4) is 11.5 Å². The van der Waals surface area contributed by atoms with Crippen molar-refractivity contribution < 1.29 is 18.8 Å². The lowest BCUT2D eigenvalue weighted by atomic mass is 10.1. The van der Waals surface area contributed by atoms with Crippen molar-refractivity contribution in [2.24, 2.45) is 0 Å². The molecule has 1 aliphatic heterocycles. The second kappa shape index (κ2) is 8.23. The van der Waals surface area contributed by atoms with E-state index in [1.54, 1.807) is 29.5 Å². The maximum Gasteiger partial charge on any atom is 0.261 e. The first kappa shape index (κ1) is 20.0. The lowest BCUT2D eigenvalue weighted by Crippen LogP contribution is -2.30. The molecule has 0 saturated carbocycles. The second-order valence-corrected chi connectivity index (χ2v) is 8.14. The minimum absolute atomic E-state index is 0.203. The number of imide groups is 1. The smallest absolute Gasteiger partial charge is 0.261 e. The number of carbonyl (C=O) groups is 3. The Balaban J connectivity index is 1.43. The van der Waals surface area contributed by atoms with E-state index in [9.17, 15) is 14.4 Å². The molecule has 8 heteroatoms. The average molecular weight is 423 g/mol. The predicted octanol–water partition coefficient (Wildman–Crippen LogP) is 4.04. The van der Waals surface area contributed by atoms with Gasteiger partial charge in [-0.15, -0.1) is 11.3 Å². The first-order valence-corrected chi connectivity index (χ1v) is 10.7. The number of nitrogens with one attached hydrogen (secondary N) is 1. The fourth-order valence-electron chi connectivity index (χ4n) is 3.31. The zero-order valence-electron chi connectivity index (χ0n) is 16.7. The van der Waals surface area contributed by atoms with E-state index in [0.29, 0.717) is 29.2 Å². The fourth-order valence-corrected chi connectivity index (χ4v) is 3.91. The van der Waals surface area contributed by atoms with Crippen LogP contribution in [0, 0.1) is 6.92 Å². The number of amides is 3. The van der Waals surface area contributed by atoms with Gasteiger partial charge in [-0.25, -0.2) is 4.98 Å². The van der Waals surface area contributed by atoms with Crippen molar-refractivity contribution in [2.75, 3.05) is 6.54 Å². The zero-order chi connectivity index (χ0) is 21.3. The van der Waals surface area contributed by atoms with Crippen LogP contribution in [0.5, 0.6) is 0 Å². The molecule has 7 nitrogen and oxygen atoms in total. The molecular formula is C22H21N3O4S. The number of aryl methyl sites for hydroxylation is 1. The van der Waals surface area contributed by atoms with Gasteiger partial charge in [0.25, 0.3) is 17.7 Å². The highest BCUT2D eigenvalue weighted by atomic mass is 32.1. The van der Waals surface area contributed by atoms with E-state index in [0.717, 1.165) is 23.5 Å². The minimum atomic E-state index is -0.340. The summed E-state index contributed by atoms with van der Waals surface area (Å²) in [6, 6.07) is 8.21. The predicted molar refractivity (Wildman–Crippen MR) is 112 cm³/mol. The summed E-state index contributed by atoms with van der Waals surface area (Å²) in [5.74, 6) is 0.273. The molecule has 1 aromatic carbocycles. The van der Waals surface area contributed by atoms with Crippen molar-refractivity contribution in [1.29, 1.82) is 0 Å². The fraction of sp³-hybridized carbons (Fsp3) is 0.273. The van der Waals surface area contributed by atoms with Crippen LogP contribution in [0.4, 0.5) is 0 Å². The van der Waals surface area contributed by atoms with Gasteiger partial charge in [0.05, 0.1) is 22.7 Å². The highest BCUT2D eigenvalue weighted by molar-refractivity contribution is 7.09. The monoisotopic (exact) mass is 423 g/mol. The van der Waals surface area contributed by atoms with Crippen LogP contribution in [0.2, 0.25) is 0 Å². The molecule has 154 valence electrons. The molecule has 4 rings (SSSR count). The van der Waals surface area contributed by atoms with Gasteiger partial charge >= 0.3 is 0 Å². The number of furan rings is 1. The molecule has 0 spiro atoms. The van der Waals surface area contributed by atoms with E-state index in [4.69, 9.17) is 4.42 Å². The van der Waals surface area contributed by atoms with Gasteiger partial charge in [-0.1, -0.05) is 13.3 Å². The Hall–Kier alpha value is -3.26. The summed E-state index contributed by atoms with van der Waals surface area (Å²) in [7, 11) is 0. The number of nitrogens with zero attached hydrogens (tertiary/aromatic N) is 2. The van der Waals surface area contributed by atoms with Crippen LogP contribution in [0.25, 0.3) is 11.5 Å². The number of unbranched alkanes of at least 4 members (excludes halogenated alkanes) is 1. The van der Waals surface area contributed by atoms with E-state index in [-0.39, 0.29) is 29.8 Å². The maximum atomic E-state index is 12.6. The van der Waals surface area contributed by atoms with Crippen LogP contribution in [-0.4, -0.2) is 34.2 Å². The molecule has 0 radical (unpaired) electrons. The minimum Gasteiger partial charge on any atom is -0.458 e. The van der Waals surface area contributed by atoms with Crippen molar-refractivity contribution in [1.82, 2.24) is 15.2 Å². The average Bonchev–Trinajstić information content (AvgIpc) is 3.44. The Labute approximate surface area is 177 Å². The first-order chi connectivity index (χ1) is 14.5. The van der Waals surface area contributed by atoms with E-state index in [1.807, 2.05) is 25.3 Å². The molecule has 0 aliphatic carbocycles. The van der Waals surface area contributed by atoms with Crippen LogP contribution >= 0.6 is 11.3 Å². The molecule has 3 aromatic rings. The number of hydrogen-bond acceptors (Lipinski definition) is 6. The molecule has 0 atom stereocenters. The Kier molecular flexibility index (Phi) is 5.50. The Morgan fingerprint density at radius 1 is 1.17 bits per heavy atom. The molecule has 0 unspecified atom stereocenters. The third kappa shape index (κ3) is 3.78. The summed E-state index contributed by atoms with van der Waals surface area (Å²) in [5, 5.41) is 5.66. The summed E-state index contributed by atoms with van der Waals surface area (Å²) in [5.41, 5.74) is 1.73. The highest BCUT2D eigenvalue weighted by Gasteiger charge is 2.35. The number of benzene rings is 1. The van der Waals surface area contributed by atoms with Gasteiger partial charge in [-0.05, 0) is 43.7 Å². The normalized spacial score (nSPS) is 13.1. The number of thiazole rings is 1. The van der Waals surface area contributed by atoms with Crippen molar-refractivity contribution in [3.05, 3.63) is 63.2 Å². The van der Waals surface area contributed by atoms with Crippen molar-refractivity contribution >= 4 is 29.1 Å². The molecule has 0 saturated heterocycles. The SMILES string of the molecule is CCCCN1C(=O)c2ccc(C(=O)NCc3ccc(-c4csc(C)n4)o3)cc2C1=O. The summed E-state index contributed by atoms with van der Waals surface area (Å²) in [4.78, 5) is 43.2. The van der Waals surface area contributed by atoms with Gasteiger partial charge in [-0.3, -0.25) is 19.3 Å². The summed E-state index contributed by atoms with van der Waals surface area (Å²) in [6.45, 7) is 4.52.